The molecular formula is C15H25N3O2S. The van der Waals surface area contributed by atoms with E-state index in [-0.39, 0.29) is 17.0 Å². The topological polar surface area (TPSA) is 62.3 Å². The van der Waals surface area contributed by atoms with Crippen LogP contribution in [0.2, 0.25) is 0 Å². The molecule has 118 valence electrons. The van der Waals surface area contributed by atoms with Gasteiger partial charge in [0.1, 0.15) is 0 Å². The molecule has 1 aromatic heterocycles. The van der Waals surface area contributed by atoms with Crippen molar-refractivity contribution < 1.29 is 8.42 Å². The third kappa shape index (κ3) is 4.02. The van der Waals surface area contributed by atoms with Crippen LogP contribution < -0.4 is 5.32 Å². The van der Waals surface area contributed by atoms with Gasteiger partial charge >= 0.3 is 0 Å². The largest absolute Gasteiger partial charge is 0.310 e. The first-order valence-corrected chi connectivity index (χ1v) is 8.92. The Morgan fingerprint density at radius 2 is 2.00 bits per heavy atom. The number of sulfonamides is 1. The fourth-order valence-corrected chi connectivity index (χ4v) is 3.41. The van der Waals surface area contributed by atoms with E-state index >= 15 is 0 Å². The van der Waals surface area contributed by atoms with Gasteiger partial charge in [-0.3, -0.25) is 0 Å². The second kappa shape index (κ2) is 6.42. The minimum absolute atomic E-state index is 0.0620. The molecule has 0 saturated heterocycles. The van der Waals surface area contributed by atoms with Gasteiger partial charge in [-0.05, 0) is 37.3 Å². The first-order chi connectivity index (χ1) is 9.82. The summed E-state index contributed by atoms with van der Waals surface area (Å²) in [5.74, 6) is 0.256. The Bertz CT molecular complexity index is 565. The van der Waals surface area contributed by atoms with Crippen molar-refractivity contribution in [2.45, 2.75) is 57.3 Å². The number of hydrogen-bond donors (Lipinski definition) is 1. The molecule has 2 rings (SSSR count). The molecule has 1 aromatic rings. The Hall–Kier alpha value is -0.980. The number of aromatic nitrogens is 1. The quantitative estimate of drug-likeness (QED) is 0.836. The van der Waals surface area contributed by atoms with Crippen molar-refractivity contribution in [3.05, 3.63) is 23.9 Å². The Labute approximate surface area is 127 Å². The molecule has 1 unspecified atom stereocenters. The zero-order valence-electron chi connectivity index (χ0n) is 13.2. The van der Waals surface area contributed by atoms with Crippen molar-refractivity contribution in [3.63, 3.8) is 0 Å². The molecule has 0 aliphatic heterocycles. The molecule has 0 amide bonds. The Kier molecular flexibility index (Phi) is 5.01. The summed E-state index contributed by atoms with van der Waals surface area (Å²) in [4.78, 5) is 4.14. The molecule has 21 heavy (non-hydrogen) atoms. The van der Waals surface area contributed by atoms with Crippen LogP contribution in [0.3, 0.4) is 0 Å². The zero-order valence-corrected chi connectivity index (χ0v) is 14.0. The first-order valence-electron chi connectivity index (χ1n) is 7.48. The first kappa shape index (κ1) is 16.4. The van der Waals surface area contributed by atoms with Gasteiger partial charge in [0, 0.05) is 31.9 Å². The van der Waals surface area contributed by atoms with Crippen molar-refractivity contribution in [2.75, 3.05) is 7.05 Å². The second-order valence-corrected chi connectivity index (χ2v) is 8.11. The smallest absolute Gasteiger partial charge is 0.260 e. The van der Waals surface area contributed by atoms with Crippen LogP contribution >= 0.6 is 0 Å². The summed E-state index contributed by atoms with van der Waals surface area (Å²) in [6.07, 6.45) is 4.12. The van der Waals surface area contributed by atoms with Crippen molar-refractivity contribution >= 4 is 10.0 Å². The Morgan fingerprint density at radius 1 is 1.33 bits per heavy atom. The van der Waals surface area contributed by atoms with Gasteiger partial charge < -0.3 is 5.32 Å². The fourth-order valence-electron chi connectivity index (χ4n) is 2.00. The van der Waals surface area contributed by atoms with Gasteiger partial charge in [0.15, 0.2) is 5.03 Å². The van der Waals surface area contributed by atoms with Crippen molar-refractivity contribution in [1.29, 1.82) is 0 Å². The van der Waals surface area contributed by atoms with Gasteiger partial charge in [-0.1, -0.05) is 19.9 Å². The van der Waals surface area contributed by atoms with Crippen molar-refractivity contribution in [3.8, 4) is 0 Å². The molecule has 1 N–H and O–H groups in total. The van der Waals surface area contributed by atoms with Gasteiger partial charge in [-0.2, -0.15) is 4.31 Å². The lowest BCUT2D eigenvalue weighted by Gasteiger charge is -2.26. The van der Waals surface area contributed by atoms with E-state index < -0.39 is 10.0 Å². The van der Waals surface area contributed by atoms with E-state index in [1.807, 2.05) is 26.8 Å². The van der Waals surface area contributed by atoms with E-state index in [0.717, 1.165) is 12.1 Å². The van der Waals surface area contributed by atoms with Crippen LogP contribution in [-0.4, -0.2) is 36.8 Å². The van der Waals surface area contributed by atoms with E-state index in [4.69, 9.17) is 0 Å². The Balaban J connectivity index is 2.08. The third-order valence-corrected chi connectivity index (χ3v) is 6.01. The molecule has 1 fully saturated rings. The molecule has 0 radical (unpaired) electrons. The zero-order chi connectivity index (χ0) is 15.6. The molecule has 1 heterocycles. The van der Waals surface area contributed by atoms with Gasteiger partial charge in [-0.15, -0.1) is 0 Å². The lowest BCUT2D eigenvalue weighted by atomic mass is 10.1. The minimum atomic E-state index is -3.52. The van der Waals surface area contributed by atoms with Gasteiger partial charge in [0.2, 0.25) is 0 Å². The number of rotatable bonds is 7. The van der Waals surface area contributed by atoms with Crippen LogP contribution in [0.25, 0.3) is 0 Å². The molecule has 1 aliphatic carbocycles. The van der Waals surface area contributed by atoms with Crippen LogP contribution in [0.4, 0.5) is 0 Å². The number of nitrogens with one attached hydrogen (secondary N) is 1. The molecule has 0 spiro atoms. The van der Waals surface area contributed by atoms with Gasteiger partial charge in [-0.25, -0.2) is 13.4 Å². The SMILES string of the molecule is CC(C)C(C)N(C)S(=O)(=O)c1ccc(CNC2CC2)cn1. The molecule has 1 atom stereocenters. The van der Waals surface area contributed by atoms with Gasteiger partial charge in [0.25, 0.3) is 10.0 Å². The van der Waals surface area contributed by atoms with Crippen LogP contribution in [0, 0.1) is 5.92 Å². The number of hydrogen-bond acceptors (Lipinski definition) is 4. The lowest BCUT2D eigenvalue weighted by molar-refractivity contribution is 0.315. The highest BCUT2D eigenvalue weighted by Gasteiger charge is 2.28. The highest BCUT2D eigenvalue weighted by molar-refractivity contribution is 7.89. The molecular weight excluding hydrogens is 286 g/mol. The summed E-state index contributed by atoms with van der Waals surface area (Å²) in [5, 5.41) is 3.51. The summed E-state index contributed by atoms with van der Waals surface area (Å²) < 4.78 is 26.4. The number of pyridine rings is 1. The maximum Gasteiger partial charge on any atom is 0.260 e. The molecule has 6 heteroatoms. The average molecular weight is 311 g/mol. The summed E-state index contributed by atoms with van der Waals surface area (Å²) >= 11 is 0. The average Bonchev–Trinajstić information content (AvgIpc) is 3.28. The Morgan fingerprint density at radius 3 is 2.48 bits per heavy atom. The fraction of sp³-hybridized carbons (Fsp3) is 0.667. The summed E-state index contributed by atoms with van der Waals surface area (Å²) in [6, 6.07) is 4.01. The predicted octanol–water partition coefficient (Wildman–Crippen LogP) is 2.00. The highest BCUT2D eigenvalue weighted by Crippen LogP contribution is 2.20. The molecule has 1 aliphatic rings. The van der Waals surface area contributed by atoms with Gasteiger partial charge in [0.05, 0.1) is 0 Å². The number of nitrogens with zero attached hydrogens (tertiary/aromatic N) is 2. The van der Waals surface area contributed by atoms with E-state index in [1.54, 1.807) is 19.3 Å². The normalized spacial score (nSPS) is 17.4. The summed E-state index contributed by atoms with van der Waals surface area (Å²) in [7, 11) is -1.90. The molecule has 5 nitrogen and oxygen atoms in total. The second-order valence-electron chi connectivity index (χ2n) is 6.17. The van der Waals surface area contributed by atoms with Crippen LogP contribution in [-0.2, 0) is 16.6 Å². The van der Waals surface area contributed by atoms with Crippen molar-refractivity contribution in [2.24, 2.45) is 5.92 Å². The maximum atomic E-state index is 12.5. The lowest BCUT2D eigenvalue weighted by Crippen LogP contribution is -2.38. The van der Waals surface area contributed by atoms with E-state index in [1.165, 1.54) is 17.1 Å². The van der Waals surface area contributed by atoms with E-state index in [9.17, 15) is 8.42 Å². The van der Waals surface area contributed by atoms with E-state index in [2.05, 4.69) is 10.3 Å². The van der Waals surface area contributed by atoms with Crippen LogP contribution in [0.15, 0.2) is 23.4 Å². The van der Waals surface area contributed by atoms with Crippen molar-refractivity contribution in [1.82, 2.24) is 14.6 Å². The van der Waals surface area contributed by atoms with Crippen LogP contribution in [0.5, 0.6) is 0 Å². The predicted molar refractivity (Wildman–Crippen MR) is 83.3 cm³/mol. The van der Waals surface area contributed by atoms with Crippen LogP contribution in [0.1, 0.15) is 39.2 Å². The molecule has 1 saturated carbocycles. The molecule has 0 aromatic carbocycles. The summed E-state index contributed by atoms with van der Waals surface area (Å²) in [5.41, 5.74) is 1.01. The standard InChI is InChI=1S/C15H25N3O2S/c1-11(2)12(3)18(4)21(19,20)15-8-5-13(10-17-15)9-16-14-6-7-14/h5,8,10-12,14,16H,6-7,9H2,1-4H3. The highest BCUT2D eigenvalue weighted by atomic mass is 32.2. The monoisotopic (exact) mass is 311 g/mol. The summed E-state index contributed by atoms with van der Waals surface area (Å²) in [6.45, 7) is 6.68. The van der Waals surface area contributed by atoms with E-state index in [0.29, 0.717) is 6.04 Å². The molecule has 0 bridgehead atoms. The maximum absolute atomic E-state index is 12.5. The minimum Gasteiger partial charge on any atom is -0.310 e. The third-order valence-electron chi connectivity index (χ3n) is 4.15.